The molecule has 0 aromatic rings. The van der Waals surface area contributed by atoms with Gasteiger partial charge in [0, 0.05) is 0 Å². The van der Waals surface area contributed by atoms with Gasteiger partial charge in [-0.15, -0.1) is 0 Å². The van der Waals surface area contributed by atoms with Gasteiger partial charge in [-0.25, -0.2) is 0 Å². The normalized spacial score (nSPS) is 9.80. The quantitative estimate of drug-likeness (QED) is 0.227. The van der Waals surface area contributed by atoms with Crippen LogP contribution in [0.2, 0.25) is 0 Å². The second kappa shape index (κ2) is 20.7. The van der Waals surface area contributed by atoms with E-state index in [1.807, 2.05) is 0 Å². The fourth-order valence-corrected chi connectivity index (χ4v) is 0.250. The maximum atomic E-state index is 7.56. The van der Waals surface area contributed by atoms with Crippen molar-refractivity contribution < 1.29 is 48.8 Å². The molecule has 0 aliphatic carbocycles. The molecule has 0 atom stereocenters. The van der Waals surface area contributed by atoms with Gasteiger partial charge >= 0.3 is 32.9 Å². The summed E-state index contributed by atoms with van der Waals surface area (Å²) >= 11 is 7.21. The van der Waals surface area contributed by atoms with Crippen molar-refractivity contribution in [1.29, 1.82) is 0 Å². The molecule has 0 aromatic heterocycles. The van der Waals surface area contributed by atoms with Crippen molar-refractivity contribution in [1.82, 2.24) is 0 Å². The van der Waals surface area contributed by atoms with E-state index in [0.29, 0.717) is 5.92 Å². The molecule has 0 aliphatic heterocycles. The van der Waals surface area contributed by atoms with E-state index < -0.39 is 13.4 Å². The summed E-state index contributed by atoms with van der Waals surface area (Å²) in [7, 11) is 0. The molecule has 0 saturated carbocycles. The van der Waals surface area contributed by atoms with Crippen LogP contribution in [0.1, 0.15) is 40.0 Å². The molecule has 6 nitrogen and oxygen atoms in total. The standard InChI is InChI=1S/C5H11.C4H9.2H3O3PS.Zn/c1-3-5-4-2;1-4(2)3;2*1-4(2,3)5;/h1,3-5H2,2H3;4H,1H2,2-3H3;2*(H3,1,2,3,5);/q2*-1;;;+2. The molecule has 6 N–H and O–H groups in total. The summed E-state index contributed by atoms with van der Waals surface area (Å²) in [6, 6.07) is 0. The van der Waals surface area contributed by atoms with E-state index in [1.165, 1.54) is 12.8 Å². The number of rotatable bonds is 2. The van der Waals surface area contributed by atoms with Crippen LogP contribution >= 0.6 is 13.4 Å². The fraction of sp³-hybridized carbons (Fsp3) is 0.778. The van der Waals surface area contributed by atoms with Crippen LogP contribution in [0.4, 0.5) is 0 Å². The zero-order valence-electron chi connectivity index (χ0n) is 12.2. The molecule has 0 heterocycles. The van der Waals surface area contributed by atoms with Crippen molar-refractivity contribution in [2.45, 2.75) is 40.0 Å². The van der Waals surface area contributed by atoms with E-state index in [-0.39, 0.29) is 19.5 Å². The molecule has 0 bridgehead atoms. The molecule has 0 amide bonds. The van der Waals surface area contributed by atoms with Crippen LogP contribution in [0.25, 0.3) is 0 Å². The van der Waals surface area contributed by atoms with Crippen LogP contribution in [0.5, 0.6) is 0 Å². The van der Waals surface area contributed by atoms with Crippen LogP contribution in [-0.2, 0) is 43.1 Å². The molecule has 0 radical (unpaired) electrons. The van der Waals surface area contributed by atoms with Gasteiger partial charge in [-0.1, -0.05) is 33.6 Å². The predicted octanol–water partition coefficient (Wildman–Crippen LogP) is 1.86. The van der Waals surface area contributed by atoms with Gasteiger partial charge in [0.05, 0.1) is 0 Å². The first kappa shape index (κ1) is 33.3. The number of hydrogen-bond donors (Lipinski definition) is 6. The zero-order chi connectivity index (χ0) is 16.7. The molecule has 0 aromatic carbocycles. The van der Waals surface area contributed by atoms with E-state index >= 15 is 0 Å². The Bertz CT molecular complexity index is 216. The van der Waals surface area contributed by atoms with Gasteiger partial charge in [-0.3, -0.25) is 0 Å². The number of unbranched alkanes of at least 4 members (excludes halogenated alkanes) is 2. The second-order valence-electron chi connectivity index (χ2n) is 3.63. The average Bonchev–Trinajstić information content (AvgIpc) is 1.96. The maximum absolute atomic E-state index is 7.56. The van der Waals surface area contributed by atoms with Crippen LogP contribution in [0, 0.1) is 19.8 Å². The van der Waals surface area contributed by atoms with Crippen LogP contribution in [0.3, 0.4) is 0 Å². The maximum Gasteiger partial charge on any atom is 2.00 e. The van der Waals surface area contributed by atoms with E-state index in [2.05, 4.69) is 58.2 Å². The third-order valence-electron chi connectivity index (χ3n) is 0.604. The first-order valence-corrected chi connectivity index (χ1v) is 10.7. The van der Waals surface area contributed by atoms with Gasteiger partial charge in [-0.2, -0.15) is 12.3 Å². The SMILES string of the molecule is OP(O)(O)=S.OP(O)(O)=S.[CH2-]C(C)C.[CH2-]CCCC.[Zn+2]. The summed E-state index contributed by atoms with van der Waals surface area (Å²) in [5, 5.41) is 0. The minimum atomic E-state index is -3.81. The summed E-state index contributed by atoms with van der Waals surface area (Å²) in [4.78, 5) is 45.3. The van der Waals surface area contributed by atoms with Gasteiger partial charge < -0.3 is 43.2 Å². The third-order valence-corrected chi connectivity index (χ3v) is 0.604. The van der Waals surface area contributed by atoms with Crippen molar-refractivity contribution in [3.05, 3.63) is 13.8 Å². The molecule has 0 aliphatic rings. The van der Waals surface area contributed by atoms with Crippen LogP contribution in [-0.4, -0.2) is 29.4 Å². The summed E-state index contributed by atoms with van der Waals surface area (Å²) in [6.07, 6.45) is 3.65. The Morgan fingerprint density at radius 3 is 1.10 bits per heavy atom. The molecular weight excluding hydrogens is 396 g/mol. The van der Waals surface area contributed by atoms with Crippen molar-refractivity contribution in [2.75, 3.05) is 0 Å². The number of hydrogen-bond acceptors (Lipinski definition) is 2. The summed E-state index contributed by atoms with van der Waals surface area (Å²) in [5.74, 6) is 0.583. The molecule has 0 fully saturated rings. The van der Waals surface area contributed by atoms with E-state index in [9.17, 15) is 0 Å². The van der Waals surface area contributed by atoms with Crippen molar-refractivity contribution >= 4 is 37.1 Å². The molecule has 20 heavy (non-hydrogen) atoms. The minimum absolute atomic E-state index is 0. The molecule has 0 unspecified atom stereocenters. The largest absolute Gasteiger partial charge is 2.00 e. The van der Waals surface area contributed by atoms with Crippen molar-refractivity contribution in [3.8, 4) is 0 Å². The first-order chi connectivity index (χ1) is 8.15. The van der Waals surface area contributed by atoms with Gasteiger partial charge in [-0.05, 0) is 23.6 Å². The smallest absolute Gasteiger partial charge is 0.343 e. The Morgan fingerprint density at radius 2 is 1.10 bits per heavy atom. The molecular formula is C9H26O6P2S2Zn. The van der Waals surface area contributed by atoms with Crippen LogP contribution < -0.4 is 0 Å². The van der Waals surface area contributed by atoms with Gasteiger partial charge in [0.15, 0.2) is 0 Å². The second-order valence-corrected chi connectivity index (χ2v) is 8.62. The molecule has 0 spiro atoms. The Morgan fingerprint density at radius 1 is 0.950 bits per heavy atom. The minimum Gasteiger partial charge on any atom is -0.343 e. The topological polar surface area (TPSA) is 121 Å². The molecule has 11 heteroatoms. The van der Waals surface area contributed by atoms with Gasteiger partial charge in [0.25, 0.3) is 0 Å². The third kappa shape index (κ3) is 506. The summed E-state index contributed by atoms with van der Waals surface area (Å²) < 4.78 is 0. The molecule has 0 saturated heterocycles. The summed E-state index contributed by atoms with van der Waals surface area (Å²) in [5.41, 5.74) is 0. The predicted molar refractivity (Wildman–Crippen MR) is 87.0 cm³/mol. The first-order valence-electron chi connectivity index (χ1n) is 5.34. The molecule has 0 rings (SSSR count). The Labute approximate surface area is 145 Å². The van der Waals surface area contributed by atoms with E-state index in [4.69, 9.17) is 29.4 Å². The van der Waals surface area contributed by atoms with Crippen molar-refractivity contribution in [3.63, 3.8) is 0 Å². The summed E-state index contributed by atoms with van der Waals surface area (Å²) in [6.45, 7) is 5.99. The van der Waals surface area contributed by atoms with Gasteiger partial charge in [0.2, 0.25) is 0 Å². The van der Waals surface area contributed by atoms with E-state index in [0.717, 1.165) is 6.42 Å². The average molecular weight is 422 g/mol. The Balaban J connectivity index is -0.0000000494. The van der Waals surface area contributed by atoms with Crippen LogP contribution in [0.15, 0.2) is 0 Å². The zero-order valence-corrected chi connectivity index (χ0v) is 18.6. The van der Waals surface area contributed by atoms with Gasteiger partial charge in [0.1, 0.15) is 0 Å². The Hall–Kier alpha value is 1.68. The van der Waals surface area contributed by atoms with E-state index in [1.54, 1.807) is 0 Å². The fourth-order valence-electron chi connectivity index (χ4n) is 0.250. The Kier molecular flexibility index (Phi) is 34.5. The monoisotopic (exact) mass is 420 g/mol. The molecule has 122 valence electrons. The van der Waals surface area contributed by atoms with Crippen molar-refractivity contribution in [2.24, 2.45) is 5.92 Å².